The van der Waals surface area contributed by atoms with Crippen LogP contribution in [0.4, 0.5) is 0 Å². The van der Waals surface area contributed by atoms with Crippen LogP contribution in [0.2, 0.25) is 0 Å². The number of carbonyl (C=O) groups is 1. The lowest BCUT2D eigenvalue weighted by Crippen LogP contribution is -2.53. The van der Waals surface area contributed by atoms with Crippen molar-refractivity contribution in [2.45, 2.75) is 127 Å². The van der Waals surface area contributed by atoms with Crippen LogP contribution in [-0.4, -0.2) is 85.6 Å². The maximum Gasteiger partial charge on any atom is 0.237 e. The molecule has 0 aromatic carbocycles. The molecule has 5 fully saturated rings. The van der Waals surface area contributed by atoms with Gasteiger partial charge >= 0.3 is 0 Å². The maximum atomic E-state index is 13.8. The van der Waals surface area contributed by atoms with Crippen molar-refractivity contribution in [3.8, 4) is 0 Å². The minimum absolute atomic E-state index is 0.0342. The smallest absolute Gasteiger partial charge is 0.237 e. The highest BCUT2D eigenvalue weighted by Crippen LogP contribution is 2.48. The van der Waals surface area contributed by atoms with Gasteiger partial charge in [0.1, 0.15) is 0 Å². The van der Waals surface area contributed by atoms with E-state index in [9.17, 15) is 4.79 Å². The Balaban J connectivity index is 1.23. The van der Waals surface area contributed by atoms with E-state index in [4.69, 9.17) is 21.6 Å². The van der Waals surface area contributed by atoms with Gasteiger partial charge in [0.05, 0.1) is 18.0 Å². The standard InChI is InChI=1S/C32H58N6O2/c1-37(2)15-4-16-40-27-13-14-28-21(17-27)5-3-6-24(28)20-38-29-19-23(31(34)35)8-7-22(29)18-30(38)32(39)36-26-11-9-25(33)10-12-26/h21-30H,3-20,33H2,1-2H3,(H3,34,35)(H,36,39). The van der Waals surface area contributed by atoms with Crippen LogP contribution < -0.4 is 16.8 Å². The maximum absolute atomic E-state index is 13.8. The molecule has 4 aliphatic carbocycles. The molecule has 0 spiro atoms. The molecule has 0 bridgehead atoms. The predicted octanol–water partition coefficient (Wildman–Crippen LogP) is 3.72. The molecule has 228 valence electrons. The van der Waals surface area contributed by atoms with Gasteiger partial charge in [-0.3, -0.25) is 15.1 Å². The second-order valence-electron chi connectivity index (χ2n) is 14.4. The van der Waals surface area contributed by atoms with Gasteiger partial charge < -0.3 is 26.4 Å². The number of carbonyl (C=O) groups excluding carboxylic acids is 1. The fraction of sp³-hybridized carbons (Fsp3) is 0.938. The number of amidine groups is 1. The summed E-state index contributed by atoms with van der Waals surface area (Å²) in [5.74, 6) is 3.49. The normalized spacial score (nSPS) is 40.4. The molecule has 8 atom stereocenters. The number of fused-ring (bicyclic) bond motifs is 2. The summed E-state index contributed by atoms with van der Waals surface area (Å²) in [6.45, 7) is 3.00. The molecule has 4 saturated carbocycles. The summed E-state index contributed by atoms with van der Waals surface area (Å²) in [5, 5.41) is 11.6. The Labute approximate surface area is 243 Å². The highest BCUT2D eigenvalue weighted by Gasteiger charge is 2.49. The number of hydrogen-bond acceptors (Lipinski definition) is 6. The van der Waals surface area contributed by atoms with E-state index in [1.807, 2.05) is 0 Å². The number of likely N-dealkylation sites (tertiary alicyclic amines) is 1. The number of nitrogens with zero attached hydrogens (tertiary/aromatic N) is 2. The van der Waals surface area contributed by atoms with Crippen molar-refractivity contribution in [2.24, 2.45) is 41.1 Å². The third-order valence-electron chi connectivity index (χ3n) is 11.5. The van der Waals surface area contributed by atoms with E-state index in [1.165, 1.54) is 38.5 Å². The Morgan fingerprint density at radius 3 is 2.52 bits per heavy atom. The molecule has 40 heavy (non-hydrogen) atoms. The van der Waals surface area contributed by atoms with Crippen molar-refractivity contribution in [1.29, 1.82) is 5.41 Å². The molecule has 0 aromatic heterocycles. The fourth-order valence-electron chi connectivity index (χ4n) is 9.24. The van der Waals surface area contributed by atoms with E-state index < -0.39 is 0 Å². The van der Waals surface area contributed by atoms with Gasteiger partial charge in [0.25, 0.3) is 0 Å². The zero-order valence-electron chi connectivity index (χ0n) is 25.4. The van der Waals surface area contributed by atoms with Gasteiger partial charge in [-0.25, -0.2) is 0 Å². The number of rotatable bonds is 10. The largest absolute Gasteiger partial charge is 0.387 e. The molecule has 8 nitrogen and oxygen atoms in total. The van der Waals surface area contributed by atoms with Crippen molar-refractivity contribution in [3.63, 3.8) is 0 Å². The Kier molecular flexibility index (Phi) is 10.5. The van der Waals surface area contributed by atoms with E-state index in [-0.39, 0.29) is 23.9 Å². The summed E-state index contributed by atoms with van der Waals surface area (Å²) in [4.78, 5) is 18.7. The fourth-order valence-corrected chi connectivity index (χ4v) is 9.24. The molecule has 1 saturated heterocycles. The highest BCUT2D eigenvalue weighted by molar-refractivity contribution is 5.83. The van der Waals surface area contributed by atoms with Crippen LogP contribution in [0.25, 0.3) is 0 Å². The van der Waals surface area contributed by atoms with Crippen molar-refractivity contribution in [2.75, 3.05) is 33.8 Å². The van der Waals surface area contributed by atoms with Gasteiger partial charge in [0.15, 0.2) is 0 Å². The first-order valence-electron chi connectivity index (χ1n) is 16.7. The van der Waals surface area contributed by atoms with Gasteiger partial charge in [-0.2, -0.15) is 0 Å². The monoisotopic (exact) mass is 558 g/mol. The number of ether oxygens (including phenoxy) is 1. The van der Waals surface area contributed by atoms with Gasteiger partial charge in [0.2, 0.25) is 5.91 Å². The van der Waals surface area contributed by atoms with Gasteiger partial charge in [-0.15, -0.1) is 0 Å². The predicted molar refractivity (Wildman–Crippen MR) is 161 cm³/mol. The lowest BCUT2D eigenvalue weighted by atomic mass is 9.64. The molecule has 0 aromatic rings. The summed E-state index contributed by atoms with van der Waals surface area (Å²) in [5.41, 5.74) is 12.2. The van der Waals surface area contributed by atoms with E-state index in [0.29, 0.717) is 35.9 Å². The first-order valence-corrected chi connectivity index (χ1v) is 16.7. The Morgan fingerprint density at radius 1 is 0.975 bits per heavy atom. The minimum Gasteiger partial charge on any atom is -0.387 e. The molecular formula is C32H58N6O2. The third-order valence-corrected chi connectivity index (χ3v) is 11.5. The van der Waals surface area contributed by atoms with Crippen LogP contribution in [0.3, 0.4) is 0 Å². The number of nitrogens with one attached hydrogen (secondary N) is 2. The number of hydrogen-bond donors (Lipinski definition) is 4. The summed E-state index contributed by atoms with van der Waals surface area (Å²) >= 11 is 0. The molecule has 6 N–H and O–H groups in total. The average molecular weight is 559 g/mol. The zero-order chi connectivity index (χ0) is 28.2. The van der Waals surface area contributed by atoms with Crippen LogP contribution >= 0.6 is 0 Å². The lowest BCUT2D eigenvalue weighted by molar-refractivity contribution is -0.127. The molecule has 5 aliphatic rings. The second-order valence-corrected chi connectivity index (χ2v) is 14.4. The van der Waals surface area contributed by atoms with Crippen molar-refractivity contribution < 1.29 is 9.53 Å². The van der Waals surface area contributed by atoms with E-state index in [0.717, 1.165) is 89.3 Å². The van der Waals surface area contributed by atoms with Gasteiger partial charge in [0, 0.05) is 37.2 Å². The van der Waals surface area contributed by atoms with Gasteiger partial charge in [-0.1, -0.05) is 12.8 Å². The Bertz CT molecular complexity index is 845. The lowest BCUT2D eigenvalue weighted by Gasteiger charge is -2.47. The van der Waals surface area contributed by atoms with E-state index in [1.54, 1.807) is 0 Å². The van der Waals surface area contributed by atoms with Crippen LogP contribution in [-0.2, 0) is 9.53 Å². The van der Waals surface area contributed by atoms with Crippen molar-refractivity contribution >= 4 is 11.7 Å². The van der Waals surface area contributed by atoms with Crippen molar-refractivity contribution in [1.82, 2.24) is 15.1 Å². The van der Waals surface area contributed by atoms with E-state index >= 15 is 0 Å². The average Bonchev–Trinajstić information content (AvgIpc) is 3.30. The summed E-state index contributed by atoms with van der Waals surface area (Å²) in [7, 11) is 4.26. The highest BCUT2D eigenvalue weighted by atomic mass is 16.5. The molecular weight excluding hydrogens is 500 g/mol. The molecule has 8 heteroatoms. The summed E-state index contributed by atoms with van der Waals surface area (Å²) in [6.07, 6.45) is 17.2. The van der Waals surface area contributed by atoms with Crippen LogP contribution in [0.5, 0.6) is 0 Å². The molecule has 1 aliphatic heterocycles. The van der Waals surface area contributed by atoms with Crippen molar-refractivity contribution in [3.05, 3.63) is 0 Å². The number of amides is 1. The molecule has 1 amide bonds. The topological polar surface area (TPSA) is 121 Å². The Morgan fingerprint density at radius 2 is 1.77 bits per heavy atom. The SMILES string of the molecule is CN(C)CCCOC1CCC2C(CCCC2CN2C(C(=O)NC3CCC(N)CC3)CC3CCC(C(=N)N)CC32)C1. The molecule has 5 rings (SSSR count). The zero-order valence-corrected chi connectivity index (χ0v) is 25.4. The van der Waals surface area contributed by atoms with Crippen LogP contribution in [0.1, 0.15) is 96.3 Å². The second kappa shape index (κ2) is 13.8. The molecule has 1 heterocycles. The summed E-state index contributed by atoms with van der Waals surface area (Å²) in [6, 6.07) is 0.914. The van der Waals surface area contributed by atoms with Crippen LogP contribution in [0, 0.1) is 35.0 Å². The van der Waals surface area contributed by atoms with Gasteiger partial charge in [-0.05, 0) is 128 Å². The minimum atomic E-state index is -0.0342. The quantitative estimate of drug-likeness (QED) is 0.184. The summed E-state index contributed by atoms with van der Waals surface area (Å²) < 4.78 is 6.35. The third kappa shape index (κ3) is 7.40. The number of nitrogens with two attached hydrogens (primary N) is 2. The van der Waals surface area contributed by atoms with E-state index in [2.05, 4.69) is 29.2 Å². The first kappa shape index (κ1) is 30.2. The first-order chi connectivity index (χ1) is 19.3. The Hall–Kier alpha value is -1.22. The van der Waals surface area contributed by atoms with Crippen LogP contribution in [0.15, 0.2) is 0 Å². The molecule has 0 radical (unpaired) electrons. The molecule has 8 unspecified atom stereocenters.